The Labute approximate surface area is 129 Å². The lowest BCUT2D eigenvalue weighted by molar-refractivity contribution is -0.114. The molecule has 0 aromatic heterocycles. The Morgan fingerprint density at radius 3 is 3.00 bits per heavy atom. The predicted molar refractivity (Wildman–Crippen MR) is 86.3 cm³/mol. The van der Waals surface area contributed by atoms with Gasteiger partial charge >= 0.3 is 0 Å². The number of ketones is 1. The molecule has 0 bridgehead atoms. The zero-order chi connectivity index (χ0) is 15.1. The number of unbranched alkanes of at least 4 members (excludes halogenated alkanes) is 3. The number of carbonyl (C=O) groups excluding carboxylic acids is 1. The molecule has 0 aromatic rings. The van der Waals surface area contributed by atoms with Crippen LogP contribution in [-0.4, -0.2) is 40.5 Å². The van der Waals surface area contributed by atoms with Crippen LogP contribution in [0.4, 0.5) is 0 Å². The molecule has 0 spiro atoms. The smallest absolute Gasteiger partial charge is 0.155 e. The van der Waals surface area contributed by atoms with Crippen LogP contribution in [0.2, 0.25) is 0 Å². The average molecular weight is 293 g/mol. The number of nitrogens with zero attached hydrogens (tertiary/aromatic N) is 1. The maximum absolute atomic E-state index is 11.8. The summed E-state index contributed by atoms with van der Waals surface area (Å²) in [6, 6.07) is 0.915. The molecule has 3 heteroatoms. The van der Waals surface area contributed by atoms with Gasteiger partial charge in [-0.1, -0.05) is 25.8 Å². The van der Waals surface area contributed by atoms with E-state index in [-0.39, 0.29) is 11.9 Å². The van der Waals surface area contributed by atoms with Gasteiger partial charge in [0, 0.05) is 18.5 Å². The number of rotatable bonds is 9. The van der Waals surface area contributed by atoms with E-state index in [1.54, 1.807) is 6.08 Å². The van der Waals surface area contributed by atoms with Crippen molar-refractivity contribution in [2.45, 2.75) is 89.3 Å². The van der Waals surface area contributed by atoms with Gasteiger partial charge in [0.05, 0.1) is 6.10 Å². The molecule has 3 nitrogen and oxygen atoms in total. The van der Waals surface area contributed by atoms with Crippen LogP contribution in [0.25, 0.3) is 0 Å². The molecule has 2 fully saturated rings. The van der Waals surface area contributed by atoms with E-state index in [2.05, 4.69) is 11.8 Å². The number of carbonyl (C=O) groups is 1. The summed E-state index contributed by atoms with van der Waals surface area (Å²) in [6.07, 6.45) is 14.3. The first-order valence-electron chi connectivity index (χ1n) is 8.85. The minimum atomic E-state index is -0.133. The van der Waals surface area contributed by atoms with Gasteiger partial charge in [0.15, 0.2) is 5.78 Å². The molecule has 0 radical (unpaired) electrons. The molecular formula is C18H31NO2. The van der Waals surface area contributed by atoms with Crippen molar-refractivity contribution in [2.75, 3.05) is 6.54 Å². The second-order valence-electron chi connectivity index (χ2n) is 6.66. The largest absolute Gasteiger partial charge is 0.391 e. The second-order valence-corrected chi connectivity index (χ2v) is 6.66. The fraction of sp³-hybridized carbons (Fsp3) is 0.833. The zero-order valence-corrected chi connectivity index (χ0v) is 13.5. The molecular weight excluding hydrogens is 262 g/mol. The Kier molecular flexibility index (Phi) is 6.91. The lowest BCUT2D eigenvalue weighted by Crippen LogP contribution is -2.33. The molecule has 0 aromatic carbocycles. The van der Waals surface area contributed by atoms with Gasteiger partial charge in [-0.15, -0.1) is 0 Å². The van der Waals surface area contributed by atoms with Crippen LogP contribution in [0, 0.1) is 0 Å². The SMILES string of the molecule is CCCCC/C=C/C(=O)CCC[C@H]1C[C@H](O)[C@@H]2CCCN12. The number of aliphatic hydroxyl groups is 1. The van der Waals surface area contributed by atoms with Crippen molar-refractivity contribution in [1.82, 2.24) is 4.90 Å². The van der Waals surface area contributed by atoms with Gasteiger partial charge in [0.2, 0.25) is 0 Å². The number of hydrogen-bond acceptors (Lipinski definition) is 3. The lowest BCUT2D eigenvalue weighted by Gasteiger charge is -2.23. The quantitative estimate of drug-likeness (QED) is 0.523. The first-order valence-corrected chi connectivity index (χ1v) is 8.85. The summed E-state index contributed by atoms with van der Waals surface area (Å²) >= 11 is 0. The summed E-state index contributed by atoms with van der Waals surface area (Å²) in [5, 5.41) is 10.0. The Morgan fingerprint density at radius 1 is 1.33 bits per heavy atom. The van der Waals surface area contributed by atoms with E-state index in [1.165, 1.54) is 25.7 Å². The molecule has 1 N–H and O–H groups in total. The summed E-state index contributed by atoms with van der Waals surface area (Å²) in [7, 11) is 0. The highest BCUT2D eigenvalue weighted by molar-refractivity contribution is 5.89. The first-order chi connectivity index (χ1) is 10.2. The van der Waals surface area contributed by atoms with Crippen LogP contribution < -0.4 is 0 Å². The standard InChI is InChI=1S/C18H31NO2/c1-2-3-4-5-6-10-16(20)11-7-9-15-14-18(21)17-12-8-13-19(15)17/h6,10,15,17-18,21H,2-5,7-9,11-14H2,1H3/b10-6+/t15-,17-,18-/m0/s1. The van der Waals surface area contributed by atoms with Gasteiger partial charge in [-0.05, 0) is 57.6 Å². The highest BCUT2D eigenvalue weighted by atomic mass is 16.3. The first kappa shape index (κ1) is 16.7. The van der Waals surface area contributed by atoms with Gasteiger partial charge in [0.25, 0.3) is 0 Å². The van der Waals surface area contributed by atoms with Crippen molar-refractivity contribution >= 4 is 5.78 Å². The highest BCUT2D eigenvalue weighted by Gasteiger charge is 2.42. The molecule has 0 amide bonds. The monoisotopic (exact) mass is 293 g/mol. The molecule has 120 valence electrons. The third-order valence-corrected chi connectivity index (χ3v) is 5.01. The predicted octanol–water partition coefficient (Wildman–Crippen LogP) is 3.46. The van der Waals surface area contributed by atoms with Crippen molar-refractivity contribution in [1.29, 1.82) is 0 Å². The molecule has 0 unspecified atom stereocenters. The normalized spacial score (nSPS) is 29.3. The van der Waals surface area contributed by atoms with Crippen molar-refractivity contribution < 1.29 is 9.90 Å². The minimum absolute atomic E-state index is 0.133. The van der Waals surface area contributed by atoms with E-state index in [4.69, 9.17) is 0 Å². The molecule has 21 heavy (non-hydrogen) atoms. The Balaban J connectivity index is 1.60. The third kappa shape index (κ3) is 4.93. The number of allylic oxidation sites excluding steroid dienone is 2. The van der Waals surface area contributed by atoms with E-state index in [0.29, 0.717) is 18.5 Å². The topological polar surface area (TPSA) is 40.5 Å². The second kappa shape index (κ2) is 8.70. The Bertz CT molecular complexity index is 353. The molecule has 0 aliphatic carbocycles. The molecule has 2 aliphatic heterocycles. The van der Waals surface area contributed by atoms with E-state index in [9.17, 15) is 9.90 Å². The van der Waals surface area contributed by atoms with Crippen LogP contribution in [0.15, 0.2) is 12.2 Å². The van der Waals surface area contributed by atoms with Gasteiger partial charge < -0.3 is 5.11 Å². The van der Waals surface area contributed by atoms with E-state index in [1.807, 2.05) is 6.08 Å². The van der Waals surface area contributed by atoms with E-state index in [0.717, 1.165) is 38.6 Å². The van der Waals surface area contributed by atoms with Crippen LogP contribution in [0.1, 0.15) is 71.1 Å². The Morgan fingerprint density at radius 2 is 2.19 bits per heavy atom. The minimum Gasteiger partial charge on any atom is -0.391 e. The van der Waals surface area contributed by atoms with E-state index < -0.39 is 0 Å². The van der Waals surface area contributed by atoms with Crippen molar-refractivity contribution in [3.8, 4) is 0 Å². The molecule has 2 rings (SSSR count). The summed E-state index contributed by atoms with van der Waals surface area (Å²) in [5.74, 6) is 0.267. The Hall–Kier alpha value is -0.670. The number of hydrogen-bond donors (Lipinski definition) is 1. The van der Waals surface area contributed by atoms with Crippen LogP contribution in [-0.2, 0) is 4.79 Å². The van der Waals surface area contributed by atoms with Gasteiger partial charge in [-0.3, -0.25) is 9.69 Å². The number of fused-ring (bicyclic) bond motifs is 1. The maximum atomic E-state index is 11.8. The fourth-order valence-corrected chi connectivity index (χ4v) is 3.86. The van der Waals surface area contributed by atoms with Crippen molar-refractivity contribution in [3.05, 3.63) is 12.2 Å². The van der Waals surface area contributed by atoms with Gasteiger partial charge in [-0.2, -0.15) is 0 Å². The van der Waals surface area contributed by atoms with Gasteiger partial charge in [-0.25, -0.2) is 0 Å². The molecule has 2 aliphatic rings. The molecule has 2 heterocycles. The van der Waals surface area contributed by atoms with Crippen LogP contribution in [0.5, 0.6) is 0 Å². The number of aliphatic hydroxyl groups excluding tert-OH is 1. The van der Waals surface area contributed by atoms with Crippen molar-refractivity contribution in [2.24, 2.45) is 0 Å². The lowest BCUT2D eigenvalue weighted by atomic mass is 10.0. The van der Waals surface area contributed by atoms with Crippen LogP contribution >= 0.6 is 0 Å². The maximum Gasteiger partial charge on any atom is 0.155 e. The van der Waals surface area contributed by atoms with Crippen molar-refractivity contribution in [3.63, 3.8) is 0 Å². The average Bonchev–Trinajstić information content (AvgIpc) is 3.04. The highest BCUT2D eigenvalue weighted by Crippen LogP contribution is 2.34. The summed E-state index contributed by atoms with van der Waals surface area (Å²) < 4.78 is 0. The molecule has 3 atom stereocenters. The van der Waals surface area contributed by atoms with Gasteiger partial charge in [0.1, 0.15) is 0 Å². The third-order valence-electron chi connectivity index (χ3n) is 5.01. The summed E-state index contributed by atoms with van der Waals surface area (Å²) in [4.78, 5) is 14.3. The van der Waals surface area contributed by atoms with Crippen LogP contribution in [0.3, 0.4) is 0 Å². The molecule has 2 saturated heterocycles. The fourth-order valence-electron chi connectivity index (χ4n) is 3.86. The summed E-state index contributed by atoms with van der Waals surface area (Å²) in [6.45, 7) is 3.33. The van der Waals surface area contributed by atoms with E-state index >= 15 is 0 Å². The summed E-state index contributed by atoms with van der Waals surface area (Å²) in [5.41, 5.74) is 0. The zero-order valence-electron chi connectivity index (χ0n) is 13.5. The molecule has 0 saturated carbocycles.